The molecule has 0 aliphatic heterocycles. The van der Waals surface area contributed by atoms with Gasteiger partial charge in [-0.25, -0.2) is 0 Å². The Morgan fingerprint density at radius 2 is 1.75 bits per heavy atom. The Bertz CT molecular complexity index is 389. The SMILES string of the molecule is COc1cc(C=O)cc(OC)c1NC(C)=O. The van der Waals surface area contributed by atoms with Gasteiger partial charge in [-0.05, 0) is 12.1 Å². The molecule has 0 aliphatic rings. The van der Waals surface area contributed by atoms with Crippen molar-refractivity contribution in [1.82, 2.24) is 0 Å². The van der Waals surface area contributed by atoms with Gasteiger partial charge >= 0.3 is 0 Å². The van der Waals surface area contributed by atoms with Crippen molar-refractivity contribution in [3.63, 3.8) is 0 Å². The lowest BCUT2D eigenvalue weighted by Crippen LogP contribution is -2.09. The summed E-state index contributed by atoms with van der Waals surface area (Å²) >= 11 is 0. The fraction of sp³-hybridized carbons (Fsp3) is 0.273. The molecule has 1 N–H and O–H groups in total. The van der Waals surface area contributed by atoms with Crippen molar-refractivity contribution in [3.05, 3.63) is 17.7 Å². The van der Waals surface area contributed by atoms with Crippen molar-refractivity contribution >= 4 is 17.9 Å². The Morgan fingerprint density at radius 1 is 1.25 bits per heavy atom. The quantitative estimate of drug-likeness (QED) is 0.785. The highest BCUT2D eigenvalue weighted by Gasteiger charge is 2.13. The van der Waals surface area contributed by atoms with Gasteiger partial charge in [0.1, 0.15) is 23.5 Å². The minimum Gasteiger partial charge on any atom is -0.494 e. The zero-order chi connectivity index (χ0) is 12.1. The van der Waals surface area contributed by atoms with Crippen LogP contribution in [0.3, 0.4) is 0 Å². The summed E-state index contributed by atoms with van der Waals surface area (Å²) in [6, 6.07) is 3.06. The van der Waals surface area contributed by atoms with E-state index in [1.807, 2.05) is 0 Å². The molecule has 0 saturated heterocycles. The lowest BCUT2D eigenvalue weighted by atomic mass is 10.2. The van der Waals surface area contributed by atoms with Crippen LogP contribution in [0.2, 0.25) is 0 Å². The predicted molar refractivity (Wildman–Crippen MR) is 59.2 cm³/mol. The summed E-state index contributed by atoms with van der Waals surface area (Å²) in [5.74, 6) is 0.531. The highest BCUT2D eigenvalue weighted by molar-refractivity contribution is 5.94. The fourth-order valence-electron chi connectivity index (χ4n) is 1.30. The van der Waals surface area contributed by atoms with Gasteiger partial charge in [0.05, 0.1) is 14.2 Å². The highest BCUT2D eigenvalue weighted by atomic mass is 16.5. The number of amides is 1. The number of nitrogens with one attached hydrogen (secondary N) is 1. The van der Waals surface area contributed by atoms with Gasteiger partial charge in [-0.15, -0.1) is 0 Å². The number of carbonyl (C=O) groups excluding carboxylic acids is 2. The maximum Gasteiger partial charge on any atom is 0.221 e. The molecule has 1 amide bonds. The van der Waals surface area contributed by atoms with Crippen LogP contribution in [0.25, 0.3) is 0 Å². The Hall–Kier alpha value is -2.04. The number of carbonyl (C=O) groups is 2. The molecule has 1 aromatic carbocycles. The molecule has 0 fully saturated rings. The summed E-state index contributed by atoms with van der Waals surface area (Å²) in [6.45, 7) is 1.38. The number of hydrogen-bond donors (Lipinski definition) is 1. The summed E-state index contributed by atoms with van der Waals surface area (Å²) in [5.41, 5.74) is 0.839. The third-order valence-electron chi connectivity index (χ3n) is 1.97. The van der Waals surface area contributed by atoms with Crippen LogP contribution < -0.4 is 14.8 Å². The first-order valence-electron chi connectivity index (χ1n) is 4.61. The van der Waals surface area contributed by atoms with Crippen LogP contribution >= 0.6 is 0 Å². The number of anilines is 1. The first-order valence-corrected chi connectivity index (χ1v) is 4.61. The second kappa shape index (κ2) is 5.16. The maximum absolute atomic E-state index is 11.0. The third kappa shape index (κ3) is 2.50. The van der Waals surface area contributed by atoms with Crippen LogP contribution in [0, 0.1) is 0 Å². The van der Waals surface area contributed by atoms with Crippen molar-refractivity contribution in [2.45, 2.75) is 6.92 Å². The molecule has 5 heteroatoms. The number of methoxy groups -OCH3 is 2. The Balaban J connectivity index is 3.30. The van der Waals surface area contributed by atoms with E-state index in [9.17, 15) is 9.59 Å². The second-order valence-corrected chi connectivity index (χ2v) is 3.10. The van der Waals surface area contributed by atoms with Gasteiger partial charge in [0.2, 0.25) is 5.91 Å². The minimum atomic E-state index is -0.240. The van der Waals surface area contributed by atoms with Gasteiger partial charge in [-0.1, -0.05) is 0 Å². The average Bonchev–Trinajstić information content (AvgIpc) is 2.28. The third-order valence-corrected chi connectivity index (χ3v) is 1.97. The first kappa shape index (κ1) is 12.0. The van der Waals surface area contributed by atoms with Crippen LogP contribution in [-0.2, 0) is 4.79 Å². The molecule has 0 radical (unpaired) electrons. The van der Waals surface area contributed by atoms with E-state index >= 15 is 0 Å². The van der Waals surface area contributed by atoms with Crippen molar-refractivity contribution in [1.29, 1.82) is 0 Å². The van der Waals surface area contributed by atoms with E-state index in [-0.39, 0.29) is 5.91 Å². The van der Waals surface area contributed by atoms with Crippen molar-refractivity contribution in [3.8, 4) is 11.5 Å². The van der Waals surface area contributed by atoms with Crippen molar-refractivity contribution < 1.29 is 19.1 Å². The van der Waals surface area contributed by atoms with Crippen LogP contribution in [0.1, 0.15) is 17.3 Å². The summed E-state index contributed by atoms with van der Waals surface area (Å²) in [5, 5.41) is 2.59. The number of aldehydes is 1. The maximum atomic E-state index is 11.0. The second-order valence-electron chi connectivity index (χ2n) is 3.10. The molecule has 0 aromatic heterocycles. The predicted octanol–water partition coefficient (Wildman–Crippen LogP) is 1.47. The molecule has 1 rings (SSSR count). The van der Waals surface area contributed by atoms with Gasteiger partial charge in [-0.2, -0.15) is 0 Å². The van der Waals surface area contributed by atoms with Crippen molar-refractivity contribution in [2.75, 3.05) is 19.5 Å². The smallest absolute Gasteiger partial charge is 0.221 e. The first-order chi connectivity index (χ1) is 7.62. The summed E-state index contributed by atoms with van der Waals surface area (Å²) in [6.07, 6.45) is 0.683. The van der Waals surface area contributed by atoms with Gasteiger partial charge in [-0.3, -0.25) is 9.59 Å². The summed E-state index contributed by atoms with van der Waals surface area (Å²) in [4.78, 5) is 21.7. The molecule has 0 saturated carbocycles. The number of ether oxygens (including phenoxy) is 2. The molecule has 1 aromatic rings. The fourth-order valence-corrected chi connectivity index (χ4v) is 1.30. The summed E-state index contributed by atoms with van der Waals surface area (Å²) < 4.78 is 10.2. The van der Waals surface area contributed by atoms with Crippen molar-refractivity contribution in [2.24, 2.45) is 0 Å². The average molecular weight is 223 g/mol. The van der Waals surface area contributed by atoms with Gasteiger partial charge in [0.15, 0.2) is 0 Å². The van der Waals surface area contributed by atoms with E-state index in [1.54, 1.807) is 0 Å². The molecule has 0 spiro atoms. The molecular formula is C11H13NO4. The molecule has 0 aliphatic carbocycles. The van der Waals surface area contributed by atoms with E-state index in [2.05, 4.69) is 5.32 Å². The van der Waals surface area contributed by atoms with E-state index in [0.717, 1.165) is 0 Å². The number of hydrogen-bond acceptors (Lipinski definition) is 4. The standard InChI is InChI=1S/C11H13NO4/c1-7(14)12-11-9(15-2)4-8(6-13)5-10(11)16-3/h4-6H,1-3H3,(H,12,14). The molecule has 5 nitrogen and oxygen atoms in total. The van der Waals surface area contributed by atoms with E-state index in [1.165, 1.54) is 33.3 Å². The zero-order valence-electron chi connectivity index (χ0n) is 9.37. The molecule has 0 bridgehead atoms. The molecule has 86 valence electrons. The zero-order valence-corrected chi connectivity index (χ0v) is 9.37. The van der Waals surface area contributed by atoms with Crippen LogP contribution in [0.5, 0.6) is 11.5 Å². The highest BCUT2D eigenvalue weighted by Crippen LogP contribution is 2.35. The van der Waals surface area contributed by atoms with Crippen LogP contribution in [0.15, 0.2) is 12.1 Å². The number of benzene rings is 1. The van der Waals surface area contributed by atoms with E-state index < -0.39 is 0 Å². The molecule has 0 atom stereocenters. The van der Waals surface area contributed by atoms with Gasteiger partial charge in [0, 0.05) is 12.5 Å². The number of rotatable bonds is 4. The largest absolute Gasteiger partial charge is 0.494 e. The molecular weight excluding hydrogens is 210 g/mol. The molecule has 16 heavy (non-hydrogen) atoms. The Labute approximate surface area is 93.4 Å². The Morgan fingerprint density at radius 3 is 2.06 bits per heavy atom. The lowest BCUT2D eigenvalue weighted by Gasteiger charge is -2.13. The molecule has 0 unspecified atom stereocenters. The van der Waals surface area contributed by atoms with Crippen LogP contribution in [0.4, 0.5) is 5.69 Å². The monoisotopic (exact) mass is 223 g/mol. The minimum absolute atomic E-state index is 0.240. The summed E-state index contributed by atoms with van der Waals surface area (Å²) in [7, 11) is 2.91. The molecule has 0 heterocycles. The normalized spacial score (nSPS) is 9.44. The van der Waals surface area contributed by atoms with Gasteiger partial charge in [0.25, 0.3) is 0 Å². The van der Waals surface area contributed by atoms with Gasteiger partial charge < -0.3 is 14.8 Å². The topological polar surface area (TPSA) is 64.6 Å². The van der Waals surface area contributed by atoms with E-state index in [4.69, 9.17) is 9.47 Å². The lowest BCUT2D eigenvalue weighted by molar-refractivity contribution is -0.114. The van der Waals surface area contributed by atoms with Crippen LogP contribution in [-0.4, -0.2) is 26.4 Å². The Kier molecular flexibility index (Phi) is 3.88. The van der Waals surface area contributed by atoms with E-state index in [0.29, 0.717) is 29.0 Å².